The van der Waals surface area contributed by atoms with Crippen LogP contribution in [0.2, 0.25) is 0 Å². The number of hydrogen-bond acceptors (Lipinski definition) is 6. The van der Waals surface area contributed by atoms with Gasteiger partial charge in [-0.05, 0) is 24.3 Å². The number of aromatic nitrogens is 2. The van der Waals surface area contributed by atoms with Crippen molar-refractivity contribution in [2.75, 3.05) is 13.1 Å². The molecule has 3 heterocycles. The van der Waals surface area contributed by atoms with Gasteiger partial charge in [0, 0.05) is 18.8 Å². The fourth-order valence-corrected chi connectivity index (χ4v) is 4.93. The van der Waals surface area contributed by atoms with E-state index in [0.29, 0.717) is 23.2 Å². The van der Waals surface area contributed by atoms with Gasteiger partial charge >= 0.3 is 0 Å². The zero-order valence-electron chi connectivity index (χ0n) is 11.3. The summed E-state index contributed by atoms with van der Waals surface area (Å²) in [6.45, 7) is 0.883. The second kappa shape index (κ2) is 6.08. The first kappa shape index (κ1) is 14.4. The highest BCUT2D eigenvalue weighted by atomic mass is 32.2. The lowest BCUT2D eigenvalue weighted by atomic mass is 10.1. The van der Waals surface area contributed by atoms with Crippen LogP contribution in [0.4, 0.5) is 0 Å². The molecule has 112 valence electrons. The Morgan fingerprint density at radius 1 is 1.38 bits per heavy atom. The Kier molecular flexibility index (Phi) is 4.18. The SMILES string of the molecule is O=S(=O)(c1cccs1)N1CCC[C@H](Oc2ccncn2)C1. The van der Waals surface area contributed by atoms with E-state index in [2.05, 4.69) is 9.97 Å². The zero-order valence-corrected chi connectivity index (χ0v) is 12.9. The summed E-state index contributed by atoms with van der Waals surface area (Å²) >= 11 is 1.24. The van der Waals surface area contributed by atoms with Crippen LogP contribution in [0.15, 0.2) is 40.3 Å². The van der Waals surface area contributed by atoms with Gasteiger partial charge in [-0.15, -0.1) is 11.3 Å². The number of sulfonamides is 1. The molecule has 1 saturated heterocycles. The van der Waals surface area contributed by atoms with Gasteiger partial charge in [0.2, 0.25) is 5.88 Å². The number of hydrogen-bond donors (Lipinski definition) is 0. The van der Waals surface area contributed by atoms with Gasteiger partial charge in [-0.25, -0.2) is 18.4 Å². The highest BCUT2D eigenvalue weighted by molar-refractivity contribution is 7.91. The number of ether oxygens (including phenoxy) is 1. The van der Waals surface area contributed by atoms with Crippen LogP contribution in [0.25, 0.3) is 0 Å². The molecule has 21 heavy (non-hydrogen) atoms. The maximum absolute atomic E-state index is 12.5. The predicted octanol–water partition coefficient (Wildman–Crippen LogP) is 1.77. The molecule has 1 atom stereocenters. The van der Waals surface area contributed by atoms with Crippen molar-refractivity contribution in [2.24, 2.45) is 0 Å². The van der Waals surface area contributed by atoms with Gasteiger partial charge in [0.25, 0.3) is 10.0 Å². The summed E-state index contributed by atoms with van der Waals surface area (Å²) in [5, 5.41) is 1.77. The molecule has 2 aromatic heterocycles. The zero-order chi connectivity index (χ0) is 14.7. The maximum Gasteiger partial charge on any atom is 0.252 e. The lowest BCUT2D eigenvalue weighted by Crippen LogP contribution is -2.44. The van der Waals surface area contributed by atoms with Crippen molar-refractivity contribution in [3.63, 3.8) is 0 Å². The molecule has 3 rings (SSSR count). The Bertz CT molecular complexity index is 674. The van der Waals surface area contributed by atoms with E-state index in [0.717, 1.165) is 12.8 Å². The average Bonchev–Trinajstić information content (AvgIpc) is 3.04. The van der Waals surface area contributed by atoms with E-state index < -0.39 is 10.0 Å². The van der Waals surface area contributed by atoms with E-state index >= 15 is 0 Å². The van der Waals surface area contributed by atoms with E-state index in [1.165, 1.54) is 22.0 Å². The number of thiophene rings is 1. The summed E-state index contributed by atoms with van der Waals surface area (Å²) in [5.74, 6) is 0.477. The van der Waals surface area contributed by atoms with E-state index in [-0.39, 0.29) is 6.10 Å². The van der Waals surface area contributed by atoms with E-state index in [1.807, 2.05) is 0 Å². The third-order valence-electron chi connectivity index (χ3n) is 3.27. The van der Waals surface area contributed by atoms with Gasteiger partial charge in [-0.2, -0.15) is 4.31 Å². The van der Waals surface area contributed by atoms with Crippen LogP contribution in [-0.2, 0) is 10.0 Å². The molecule has 2 aromatic rings. The van der Waals surface area contributed by atoms with E-state index in [9.17, 15) is 8.42 Å². The lowest BCUT2D eigenvalue weighted by molar-refractivity contribution is 0.124. The fourth-order valence-electron chi connectivity index (χ4n) is 2.28. The molecule has 0 radical (unpaired) electrons. The minimum absolute atomic E-state index is 0.177. The van der Waals surface area contributed by atoms with Crippen LogP contribution in [0, 0.1) is 0 Å². The Morgan fingerprint density at radius 3 is 3.00 bits per heavy atom. The number of piperidine rings is 1. The highest BCUT2D eigenvalue weighted by Crippen LogP contribution is 2.25. The molecule has 8 heteroatoms. The van der Waals surface area contributed by atoms with Crippen LogP contribution < -0.4 is 4.74 Å². The molecule has 0 N–H and O–H groups in total. The summed E-state index contributed by atoms with van der Waals surface area (Å²) in [4.78, 5) is 7.84. The minimum atomic E-state index is -3.40. The molecule has 0 spiro atoms. The first-order chi connectivity index (χ1) is 10.2. The van der Waals surface area contributed by atoms with Crippen LogP contribution in [0.1, 0.15) is 12.8 Å². The molecule has 1 fully saturated rings. The fraction of sp³-hybridized carbons (Fsp3) is 0.385. The third kappa shape index (κ3) is 3.22. The van der Waals surface area contributed by atoms with Crippen molar-refractivity contribution in [1.29, 1.82) is 0 Å². The standard InChI is InChI=1S/C13H15N3O3S2/c17-21(18,13-4-2-8-20-13)16-7-1-3-11(9-16)19-12-5-6-14-10-15-12/h2,4-6,8,10-11H,1,3,7,9H2/t11-/m0/s1. The van der Waals surface area contributed by atoms with Crippen LogP contribution >= 0.6 is 11.3 Å². The van der Waals surface area contributed by atoms with Gasteiger partial charge in [-0.3, -0.25) is 0 Å². The molecule has 1 aliphatic heterocycles. The second-order valence-electron chi connectivity index (χ2n) is 4.72. The molecule has 0 bridgehead atoms. The Labute approximate surface area is 127 Å². The Balaban J connectivity index is 1.71. The molecule has 0 aromatic carbocycles. The van der Waals surface area contributed by atoms with Crippen molar-refractivity contribution in [2.45, 2.75) is 23.2 Å². The molecule has 6 nitrogen and oxygen atoms in total. The Morgan fingerprint density at radius 2 is 2.29 bits per heavy atom. The van der Waals surface area contributed by atoms with Gasteiger partial charge in [0.15, 0.2) is 0 Å². The van der Waals surface area contributed by atoms with Crippen molar-refractivity contribution in [3.8, 4) is 5.88 Å². The van der Waals surface area contributed by atoms with Gasteiger partial charge in [0.05, 0.1) is 6.54 Å². The summed E-state index contributed by atoms with van der Waals surface area (Å²) in [5.41, 5.74) is 0. The monoisotopic (exact) mass is 325 g/mol. The van der Waals surface area contributed by atoms with E-state index in [1.54, 1.807) is 29.8 Å². The lowest BCUT2D eigenvalue weighted by Gasteiger charge is -2.31. The molecular weight excluding hydrogens is 310 g/mol. The summed E-state index contributed by atoms with van der Waals surface area (Å²) in [7, 11) is -3.40. The summed E-state index contributed by atoms with van der Waals surface area (Å²) in [6, 6.07) is 5.05. The summed E-state index contributed by atoms with van der Waals surface area (Å²) < 4.78 is 32.6. The molecule has 0 saturated carbocycles. The predicted molar refractivity (Wildman–Crippen MR) is 78.8 cm³/mol. The van der Waals surface area contributed by atoms with Gasteiger partial charge in [-0.1, -0.05) is 6.07 Å². The first-order valence-electron chi connectivity index (χ1n) is 6.62. The van der Waals surface area contributed by atoms with Crippen molar-refractivity contribution < 1.29 is 13.2 Å². The van der Waals surface area contributed by atoms with Crippen LogP contribution in [0.5, 0.6) is 5.88 Å². The largest absolute Gasteiger partial charge is 0.473 e. The van der Waals surface area contributed by atoms with Gasteiger partial charge in [0.1, 0.15) is 16.6 Å². The quantitative estimate of drug-likeness (QED) is 0.856. The van der Waals surface area contributed by atoms with Crippen LogP contribution in [0.3, 0.4) is 0 Å². The molecule has 1 aliphatic rings. The molecule has 0 unspecified atom stereocenters. The third-order valence-corrected chi connectivity index (χ3v) is 6.51. The molecule has 0 aliphatic carbocycles. The van der Waals surface area contributed by atoms with Crippen molar-refractivity contribution >= 4 is 21.4 Å². The summed E-state index contributed by atoms with van der Waals surface area (Å²) in [6.07, 6.45) is 4.44. The average molecular weight is 325 g/mol. The van der Waals surface area contributed by atoms with Crippen LogP contribution in [-0.4, -0.2) is 41.9 Å². The van der Waals surface area contributed by atoms with E-state index in [4.69, 9.17) is 4.74 Å². The molecule has 0 amide bonds. The van der Waals surface area contributed by atoms with Crippen molar-refractivity contribution in [1.82, 2.24) is 14.3 Å². The molecular formula is C13H15N3O3S2. The van der Waals surface area contributed by atoms with Gasteiger partial charge < -0.3 is 4.74 Å². The normalized spacial score (nSPS) is 20.3. The number of nitrogens with zero attached hydrogens (tertiary/aromatic N) is 3. The highest BCUT2D eigenvalue weighted by Gasteiger charge is 2.31. The van der Waals surface area contributed by atoms with Crippen molar-refractivity contribution in [3.05, 3.63) is 36.1 Å². The maximum atomic E-state index is 12.5. The Hall–Kier alpha value is -1.51. The smallest absolute Gasteiger partial charge is 0.252 e. The first-order valence-corrected chi connectivity index (χ1v) is 8.94. The topological polar surface area (TPSA) is 72.4 Å². The minimum Gasteiger partial charge on any atom is -0.473 e. The number of rotatable bonds is 4. The second-order valence-corrected chi connectivity index (χ2v) is 7.84.